The van der Waals surface area contributed by atoms with E-state index in [4.69, 9.17) is 9.47 Å². The minimum Gasteiger partial charge on any atom is -0.508 e. The molecule has 264 valence electrons. The molecule has 2 bridgehead atoms. The Kier molecular flexibility index (Phi) is 10.4. The first-order valence-electron chi connectivity index (χ1n) is 19.3. The topological polar surface area (TPSA) is 79.3 Å². The highest BCUT2D eigenvalue weighted by Gasteiger charge is 2.67. The predicted molar refractivity (Wildman–Crippen MR) is 192 cm³/mol. The summed E-state index contributed by atoms with van der Waals surface area (Å²) in [4.78, 5) is 31.5. The fourth-order valence-corrected chi connectivity index (χ4v) is 10.6. The Bertz CT molecular complexity index is 1500. The summed E-state index contributed by atoms with van der Waals surface area (Å²) in [6.07, 6.45) is 18.7. The average molecular weight is 669 g/mol. The Hall–Kier alpha value is -3.32. The van der Waals surface area contributed by atoms with Crippen molar-refractivity contribution in [3.8, 4) is 17.2 Å². The Morgan fingerprint density at radius 3 is 2.61 bits per heavy atom. The number of carbonyl (C=O) groups excluding carboxylic acids is 2. The molecule has 7 rings (SSSR count). The van der Waals surface area contributed by atoms with Crippen molar-refractivity contribution >= 4 is 11.9 Å². The maximum atomic E-state index is 14.4. The van der Waals surface area contributed by atoms with Crippen LogP contribution in [0.1, 0.15) is 114 Å². The molecule has 1 spiro atoms. The van der Waals surface area contributed by atoms with Crippen molar-refractivity contribution in [1.82, 2.24) is 9.80 Å². The van der Waals surface area contributed by atoms with Crippen molar-refractivity contribution in [2.75, 3.05) is 19.6 Å². The summed E-state index contributed by atoms with van der Waals surface area (Å²) in [6.45, 7) is 7.98. The van der Waals surface area contributed by atoms with Gasteiger partial charge in [0.2, 0.25) is 5.91 Å². The van der Waals surface area contributed by atoms with Crippen molar-refractivity contribution in [2.45, 2.75) is 133 Å². The van der Waals surface area contributed by atoms with Gasteiger partial charge in [-0.2, -0.15) is 0 Å². The molecule has 2 aliphatic heterocycles. The Morgan fingerprint density at radius 1 is 1.06 bits per heavy atom. The molecule has 3 fully saturated rings. The third kappa shape index (κ3) is 6.64. The Labute approximate surface area is 293 Å². The summed E-state index contributed by atoms with van der Waals surface area (Å²) in [5, 5.41) is 11.4. The van der Waals surface area contributed by atoms with E-state index < -0.39 is 5.97 Å². The lowest BCUT2D eigenvalue weighted by atomic mass is 9.50. The number of ether oxygens (including phenoxy) is 2. The third-order valence-electron chi connectivity index (χ3n) is 12.7. The van der Waals surface area contributed by atoms with Crippen LogP contribution in [0, 0.1) is 11.8 Å². The van der Waals surface area contributed by atoms with Gasteiger partial charge in [-0.05, 0) is 81.7 Å². The van der Waals surface area contributed by atoms with Gasteiger partial charge in [-0.3, -0.25) is 14.5 Å². The summed E-state index contributed by atoms with van der Waals surface area (Å²) in [5.74, 6) is 1.83. The number of hydrogen-bond acceptors (Lipinski definition) is 6. The van der Waals surface area contributed by atoms with Gasteiger partial charge in [0.25, 0.3) is 0 Å². The van der Waals surface area contributed by atoms with E-state index in [0.717, 1.165) is 82.1 Å². The number of rotatable bonds is 14. The number of aromatic hydroxyl groups is 1. The number of hydrogen-bond donors (Lipinski definition) is 1. The monoisotopic (exact) mass is 668 g/mol. The van der Waals surface area contributed by atoms with Crippen LogP contribution in [0.2, 0.25) is 0 Å². The Balaban J connectivity index is 1.13. The molecule has 0 unspecified atom stereocenters. The first kappa shape index (κ1) is 34.1. The lowest BCUT2D eigenvalue weighted by molar-refractivity contribution is -0.144. The molecular weight excluding hydrogens is 612 g/mol. The normalized spacial score (nSPS) is 27.2. The van der Waals surface area contributed by atoms with Crippen LogP contribution < -0.4 is 9.47 Å². The fraction of sp³-hybridized carbons (Fsp3) is 0.619. The molecule has 2 aromatic rings. The van der Waals surface area contributed by atoms with Crippen LogP contribution in [0.5, 0.6) is 17.2 Å². The zero-order valence-electron chi connectivity index (χ0n) is 29.5. The van der Waals surface area contributed by atoms with E-state index in [1.165, 1.54) is 57.4 Å². The standard InChI is InChI=1S/C42H56N2O5/c1-3-24-43-25-23-42-33-21-22-34(41(42)49-40-37(48-29(2)45)27-36(46)32(39(40)42)26-35(33)43)44(28-31-18-12-8-13-19-31)38(47)20-14-6-4-5-9-15-30-16-10-7-11-17-30/h3,7,10-11,16-17,27,31,33-35,41,46H,1,4-6,8-9,12-15,18-26,28H2,2H3/t33-,34-,35+,41-,42-/m0/s1. The molecule has 2 saturated carbocycles. The highest BCUT2D eigenvalue weighted by molar-refractivity contribution is 5.77. The van der Waals surface area contributed by atoms with E-state index in [2.05, 4.69) is 46.7 Å². The van der Waals surface area contributed by atoms with Gasteiger partial charge in [-0.15, -0.1) is 6.58 Å². The van der Waals surface area contributed by atoms with Gasteiger partial charge in [0.15, 0.2) is 11.5 Å². The van der Waals surface area contributed by atoms with Crippen molar-refractivity contribution in [1.29, 1.82) is 0 Å². The summed E-state index contributed by atoms with van der Waals surface area (Å²) in [7, 11) is 0. The van der Waals surface area contributed by atoms with Crippen LogP contribution in [0.25, 0.3) is 0 Å². The van der Waals surface area contributed by atoms with Gasteiger partial charge < -0.3 is 19.5 Å². The highest BCUT2D eigenvalue weighted by Crippen LogP contribution is 2.65. The van der Waals surface area contributed by atoms with E-state index in [0.29, 0.717) is 29.8 Å². The lowest BCUT2D eigenvalue weighted by Crippen LogP contribution is -2.69. The number of carbonyl (C=O) groups is 2. The molecule has 1 N–H and O–H groups in total. The van der Waals surface area contributed by atoms with E-state index in [1.54, 1.807) is 6.07 Å². The smallest absolute Gasteiger partial charge is 0.308 e. The van der Waals surface area contributed by atoms with Crippen molar-refractivity contribution in [3.63, 3.8) is 0 Å². The van der Waals surface area contributed by atoms with Crippen LogP contribution in [-0.4, -0.2) is 64.6 Å². The number of esters is 1. The highest BCUT2D eigenvalue weighted by atomic mass is 16.6. The van der Waals surface area contributed by atoms with Gasteiger partial charge in [0, 0.05) is 55.1 Å². The van der Waals surface area contributed by atoms with Crippen LogP contribution >= 0.6 is 0 Å². The Morgan fingerprint density at radius 2 is 1.84 bits per heavy atom. The first-order valence-corrected chi connectivity index (χ1v) is 19.3. The molecule has 49 heavy (non-hydrogen) atoms. The van der Waals surface area contributed by atoms with Gasteiger partial charge in [-0.25, -0.2) is 0 Å². The van der Waals surface area contributed by atoms with E-state index in [9.17, 15) is 14.7 Å². The zero-order chi connectivity index (χ0) is 34.0. The van der Waals surface area contributed by atoms with E-state index >= 15 is 0 Å². The molecule has 2 aromatic carbocycles. The van der Waals surface area contributed by atoms with Gasteiger partial charge in [0.1, 0.15) is 11.9 Å². The van der Waals surface area contributed by atoms with Gasteiger partial charge in [0.05, 0.1) is 6.04 Å². The van der Waals surface area contributed by atoms with Crippen LogP contribution in [-0.2, 0) is 27.8 Å². The number of unbranched alkanes of at least 4 members (excludes halogenated alkanes) is 4. The number of piperidine rings is 1. The molecule has 1 saturated heterocycles. The SMILES string of the molecule is C=CCN1CC[C@]23c4c5c(O)cc(OC(C)=O)c4O[C@H]2[C@@H](N(CC2CCCCC2)C(=O)CCCCCCCc2ccccc2)CC[C@H]3[C@H]1C5. The molecule has 3 aliphatic carbocycles. The molecule has 0 radical (unpaired) electrons. The lowest BCUT2D eigenvalue weighted by Gasteiger charge is -2.60. The summed E-state index contributed by atoms with van der Waals surface area (Å²) in [5.41, 5.74) is 3.06. The molecule has 5 atom stereocenters. The number of nitrogens with zero attached hydrogens (tertiary/aromatic N) is 2. The van der Waals surface area contributed by atoms with Gasteiger partial charge >= 0.3 is 5.97 Å². The second-order valence-electron chi connectivity index (χ2n) is 15.6. The molecule has 2 heterocycles. The number of benzene rings is 2. The second-order valence-corrected chi connectivity index (χ2v) is 15.6. The third-order valence-corrected chi connectivity index (χ3v) is 12.7. The van der Waals surface area contributed by atoms with Crippen molar-refractivity contribution < 1.29 is 24.2 Å². The summed E-state index contributed by atoms with van der Waals surface area (Å²) in [6, 6.07) is 12.5. The number of amides is 1. The molecule has 5 aliphatic rings. The minimum absolute atomic E-state index is 0.0474. The number of aryl methyl sites for hydroxylation is 1. The maximum Gasteiger partial charge on any atom is 0.308 e. The fourth-order valence-electron chi connectivity index (χ4n) is 10.6. The van der Waals surface area contributed by atoms with E-state index in [1.807, 2.05) is 6.08 Å². The van der Waals surface area contributed by atoms with Crippen LogP contribution in [0.3, 0.4) is 0 Å². The largest absolute Gasteiger partial charge is 0.508 e. The van der Waals surface area contributed by atoms with Crippen molar-refractivity contribution in [3.05, 3.63) is 65.7 Å². The van der Waals surface area contributed by atoms with Crippen LogP contribution in [0.4, 0.5) is 0 Å². The van der Waals surface area contributed by atoms with Crippen LogP contribution in [0.15, 0.2) is 49.1 Å². The molecular formula is C42H56N2O5. The minimum atomic E-state index is -0.427. The predicted octanol–water partition coefficient (Wildman–Crippen LogP) is 7.90. The van der Waals surface area contributed by atoms with Gasteiger partial charge in [-0.1, -0.05) is 74.9 Å². The summed E-state index contributed by atoms with van der Waals surface area (Å²) >= 11 is 0. The molecule has 1 amide bonds. The van der Waals surface area contributed by atoms with E-state index in [-0.39, 0.29) is 35.3 Å². The zero-order valence-corrected chi connectivity index (χ0v) is 29.5. The molecule has 0 aromatic heterocycles. The molecule has 7 nitrogen and oxygen atoms in total. The maximum absolute atomic E-state index is 14.4. The summed E-state index contributed by atoms with van der Waals surface area (Å²) < 4.78 is 12.8. The molecule has 7 heteroatoms. The number of likely N-dealkylation sites (tertiary alicyclic amines) is 1. The number of phenolic OH excluding ortho intramolecular Hbond substituents is 1. The van der Waals surface area contributed by atoms with Crippen molar-refractivity contribution in [2.24, 2.45) is 11.8 Å². The number of phenols is 1. The first-order chi connectivity index (χ1) is 23.9. The quantitative estimate of drug-likeness (QED) is 0.0955. The average Bonchev–Trinajstić information content (AvgIpc) is 3.45. The second kappa shape index (κ2) is 14.9.